The Bertz CT molecular complexity index is 600. The van der Waals surface area contributed by atoms with Crippen molar-refractivity contribution in [3.63, 3.8) is 0 Å². The number of hydrogen-bond donors (Lipinski definition) is 0. The number of fused-ring (bicyclic) bond motifs is 1. The Morgan fingerprint density at radius 1 is 1.06 bits per heavy atom. The van der Waals surface area contributed by atoms with E-state index in [1.165, 1.54) is 6.07 Å². The Morgan fingerprint density at radius 3 is 2.11 bits per heavy atom. The number of benzene rings is 1. The summed E-state index contributed by atoms with van der Waals surface area (Å²) >= 11 is -4.46. The third-order valence-electron chi connectivity index (χ3n) is 2.01. The maximum absolute atomic E-state index is 12.7. The third-order valence-corrected chi connectivity index (χ3v) is 10.3. The molecule has 0 aromatic heterocycles. The van der Waals surface area contributed by atoms with Crippen LogP contribution in [0.5, 0.6) is 0 Å². The molecule has 18 heavy (non-hydrogen) atoms. The van der Waals surface area contributed by atoms with Gasteiger partial charge in [0.05, 0.1) is 0 Å². The summed E-state index contributed by atoms with van der Waals surface area (Å²) in [5.74, 6) is 0. The SMILES string of the molecule is O=[S@]1(C(F)(F)F)=NI(C(F)(F)F)c2ccccc21. The van der Waals surface area contributed by atoms with Crippen molar-refractivity contribution in [2.24, 2.45) is 2.58 Å². The van der Waals surface area contributed by atoms with Crippen LogP contribution in [0.15, 0.2) is 31.7 Å². The molecule has 1 heterocycles. The van der Waals surface area contributed by atoms with E-state index in [-0.39, 0.29) is 0 Å². The van der Waals surface area contributed by atoms with Crippen LogP contribution in [0, 0.1) is 3.57 Å². The van der Waals surface area contributed by atoms with Gasteiger partial charge in [-0.15, -0.1) is 0 Å². The number of nitrogens with zero attached hydrogens (tertiary/aromatic N) is 1. The monoisotopic (exact) mass is 403 g/mol. The molecule has 1 aromatic rings. The standard InChI is InChI=1S/C8H4F6INOS/c9-7(10,11)15-5-3-1-2-4-6(5)18(17,16-15)8(12,13)14/h1-4H/t18-/m1/s1. The van der Waals surface area contributed by atoms with Crippen molar-refractivity contribution in [2.75, 3.05) is 0 Å². The molecule has 0 unspecified atom stereocenters. The predicted molar refractivity (Wildman–Crippen MR) is 60.1 cm³/mol. The Morgan fingerprint density at radius 2 is 1.61 bits per heavy atom. The van der Waals surface area contributed by atoms with E-state index in [4.69, 9.17) is 0 Å². The second-order valence-corrected chi connectivity index (χ2v) is 10.3. The third kappa shape index (κ3) is 1.98. The van der Waals surface area contributed by atoms with Crippen molar-refractivity contribution in [1.29, 1.82) is 0 Å². The number of alkyl halides is 7. The van der Waals surface area contributed by atoms with Gasteiger partial charge in [0.25, 0.3) is 0 Å². The summed E-state index contributed by atoms with van der Waals surface area (Å²) in [5, 5.41) is 0. The van der Waals surface area contributed by atoms with Crippen molar-refractivity contribution in [3.05, 3.63) is 27.8 Å². The van der Waals surface area contributed by atoms with Crippen LogP contribution < -0.4 is 0 Å². The van der Waals surface area contributed by atoms with Crippen molar-refractivity contribution < 1.29 is 30.6 Å². The first-order valence-corrected chi connectivity index (χ1v) is 8.90. The summed E-state index contributed by atoms with van der Waals surface area (Å²) in [6, 6.07) is 4.04. The second-order valence-electron chi connectivity index (χ2n) is 3.16. The van der Waals surface area contributed by atoms with Crippen LogP contribution in [0.25, 0.3) is 0 Å². The van der Waals surface area contributed by atoms with Crippen LogP contribution in [0.1, 0.15) is 0 Å². The molecule has 0 saturated carbocycles. The summed E-state index contributed by atoms with van der Waals surface area (Å²) in [7, 11) is -4.99. The number of halogens is 7. The van der Waals surface area contributed by atoms with E-state index >= 15 is 0 Å². The van der Waals surface area contributed by atoms with Crippen molar-refractivity contribution in [3.8, 4) is 0 Å². The molecule has 0 aliphatic carbocycles. The van der Waals surface area contributed by atoms with E-state index in [1.807, 2.05) is 0 Å². The van der Waals surface area contributed by atoms with E-state index < -0.39 is 48.0 Å². The fourth-order valence-electron chi connectivity index (χ4n) is 1.31. The van der Waals surface area contributed by atoms with Crippen molar-refractivity contribution in [2.45, 2.75) is 14.6 Å². The van der Waals surface area contributed by atoms with Crippen LogP contribution in [0.4, 0.5) is 26.3 Å². The molecule has 1 aromatic carbocycles. The topological polar surface area (TPSA) is 29.4 Å². The zero-order chi connectivity index (χ0) is 13.8. The zero-order valence-corrected chi connectivity index (χ0v) is 11.2. The van der Waals surface area contributed by atoms with E-state index in [2.05, 4.69) is 2.58 Å². The van der Waals surface area contributed by atoms with Crippen LogP contribution in [0.2, 0.25) is 0 Å². The fraction of sp³-hybridized carbons (Fsp3) is 0.250. The van der Waals surface area contributed by atoms with E-state index in [1.54, 1.807) is 0 Å². The molecular formula is C8H4F6INOS. The van der Waals surface area contributed by atoms with Gasteiger partial charge in [-0.05, 0) is 0 Å². The first-order chi connectivity index (χ1) is 8.07. The molecule has 2 nitrogen and oxygen atoms in total. The van der Waals surface area contributed by atoms with Crippen molar-refractivity contribution in [1.82, 2.24) is 0 Å². The second kappa shape index (κ2) is 3.99. The molecule has 0 saturated heterocycles. The minimum atomic E-state index is -5.29. The van der Waals surface area contributed by atoms with E-state index in [0.29, 0.717) is 0 Å². The molecule has 1 aliphatic heterocycles. The Hall–Kier alpha value is -0.520. The van der Waals surface area contributed by atoms with Crippen molar-refractivity contribution >= 4 is 29.8 Å². The fourth-order valence-corrected chi connectivity index (χ4v) is 10.2. The van der Waals surface area contributed by atoms with E-state index in [9.17, 15) is 30.6 Å². The minimum absolute atomic E-state index is 0.545. The van der Waals surface area contributed by atoms with Gasteiger partial charge in [-0.1, -0.05) is 0 Å². The molecule has 2 rings (SSSR count). The number of hydrogen-bond acceptors (Lipinski definition) is 2. The molecule has 0 fully saturated rings. The van der Waals surface area contributed by atoms with Gasteiger partial charge in [-0.3, -0.25) is 0 Å². The summed E-state index contributed by atoms with van der Waals surface area (Å²) < 4.78 is 85.0. The Kier molecular flexibility index (Phi) is 3.08. The zero-order valence-electron chi connectivity index (χ0n) is 8.22. The Labute approximate surface area is 105 Å². The quantitative estimate of drug-likeness (QED) is 0.364. The van der Waals surface area contributed by atoms with Crippen LogP contribution >= 0.6 is 20.1 Å². The van der Waals surface area contributed by atoms with Gasteiger partial charge in [-0.25, -0.2) is 0 Å². The first kappa shape index (κ1) is 13.9. The molecular weight excluding hydrogens is 399 g/mol. The van der Waals surface area contributed by atoms with Gasteiger partial charge in [0.15, 0.2) is 0 Å². The Balaban J connectivity index is 2.76. The molecule has 0 spiro atoms. The van der Waals surface area contributed by atoms with Gasteiger partial charge in [-0.2, -0.15) is 0 Å². The summed E-state index contributed by atoms with van der Waals surface area (Å²) in [6.07, 6.45) is 0. The van der Waals surface area contributed by atoms with Crippen LogP contribution in [-0.4, -0.2) is 13.9 Å². The van der Waals surface area contributed by atoms with Gasteiger partial charge < -0.3 is 0 Å². The molecule has 0 bridgehead atoms. The van der Waals surface area contributed by atoms with Gasteiger partial charge in [0, 0.05) is 0 Å². The molecule has 1 atom stereocenters. The van der Waals surface area contributed by atoms with Gasteiger partial charge in [0.1, 0.15) is 0 Å². The molecule has 0 radical (unpaired) electrons. The number of rotatable bonds is 0. The summed E-state index contributed by atoms with van der Waals surface area (Å²) in [6.45, 7) is 0. The maximum atomic E-state index is 12.7. The first-order valence-electron chi connectivity index (χ1n) is 4.27. The normalized spacial score (nSPS) is 25.8. The predicted octanol–water partition coefficient (Wildman–Crippen LogP) is 4.16. The average molecular weight is 403 g/mol. The summed E-state index contributed by atoms with van der Waals surface area (Å²) in [5.41, 5.74) is -5.29. The van der Waals surface area contributed by atoms with Gasteiger partial charge in [0.2, 0.25) is 0 Å². The van der Waals surface area contributed by atoms with Crippen LogP contribution in [-0.2, 0) is 9.73 Å². The average Bonchev–Trinajstić information content (AvgIpc) is 2.53. The molecule has 0 amide bonds. The van der Waals surface area contributed by atoms with Gasteiger partial charge >= 0.3 is 105 Å². The summed E-state index contributed by atoms with van der Waals surface area (Å²) in [4.78, 5) is -0.833. The van der Waals surface area contributed by atoms with Crippen LogP contribution in [0.3, 0.4) is 0 Å². The molecule has 102 valence electrons. The van der Waals surface area contributed by atoms with E-state index in [0.717, 1.165) is 18.2 Å². The molecule has 0 N–H and O–H groups in total. The molecule has 1 aliphatic rings. The molecule has 10 heteroatoms.